The molecule has 2 N–H and O–H groups in total. The molecule has 84 valence electrons. The monoisotopic (exact) mass is 218 g/mol. The summed E-state index contributed by atoms with van der Waals surface area (Å²) in [5.41, 5.74) is 5.42. The fraction of sp³-hybridized carbons (Fsp3) is 0.250. The van der Waals surface area contributed by atoms with Gasteiger partial charge in [0.15, 0.2) is 0 Å². The van der Waals surface area contributed by atoms with Gasteiger partial charge in [0.1, 0.15) is 0 Å². The summed E-state index contributed by atoms with van der Waals surface area (Å²) in [7, 11) is 1.43. The second kappa shape index (κ2) is 4.37. The summed E-state index contributed by atoms with van der Waals surface area (Å²) in [4.78, 5) is 19.3. The van der Waals surface area contributed by atoms with E-state index in [1.54, 1.807) is 0 Å². The number of nitrogens with one attached hydrogen (secondary N) is 2. The molecule has 2 rings (SSSR count). The number of aryl methyl sites for hydroxylation is 1. The second-order valence-electron chi connectivity index (χ2n) is 3.68. The molecule has 0 saturated carbocycles. The number of para-hydroxylation sites is 1. The lowest BCUT2D eigenvalue weighted by Gasteiger charge is -2.02. The summed E-state index contributed by atoms with van der Waals surface area (Å²) in [5, 5.41) is 1.09. The zero-order chi connectivity index (χ0) is 11.5. The first-order valence-corrected chi connectivity index (χ1v) is 5.10. The summed E-state index contributed by atoms with van der Waals surface area (Å²) in [6, 6.07) is 7.94. The summed E-state index contributed by atoms with van der Waals surface area (Å²) in [6.07, 6.45) is 0.323. The van der Waals surface area contributed by atoms with Gasteiger partial charge in [-0.1, -0.05) is 18.2 Å². The van der Waals surface area contributed by atoms with Crippen molar-refractivity contribution >= 4 is 16.8 Å². The number of hydrogen-bond donors (Lipinski definition) is 2. The molecule has 0 unspecified atom stereocenters. The van der Waals surface area contributed by atoms with Gasteiger partial charge in [-0.25, -0.2) is 5.48 Å². The van der Waals surface area contributed by atoms with Gasteiger partial charge < -0.3 is 4.98 Å². The van der Waals surface area contributed by atoms with Crippen LogP contribution in [0.3, 0.4) is 0 Å². The molecule has 0 spiro atoms. The number of carbonyl (C=O) groups excluding carboxylic acids is 1. The Kier molecular flexibility index (Phi) is 2.92. The van der Waals surface area contributed by atoms with Crippen molar-refractivity contribution in [2.24, 2.45) is 0 Å². The molecule has 0 bridgehead atoms. The fourth-order valence-electron chi connectivity index (χ4n) is 1.87. The van der Waals surface area contributed by atoms with Crippen molar-refractivity contribution < 1.29 is 9.63 Å². The van der Waals surface area contributed by atoms with Gasteiger partial charge in [-0.2, -0.15) is 0 Å². The molecular weight excluding hydrogens is 204 g/mol. The number of aromatic amines is 1. The summed E-state index contributed by atoms with van der Waals surface area (Å²) < 4.78 is 0. The van der Waals surface area contributed by atoms with Gasteiger partial charge in [-0.15, -0.1) is 0 Å². The third kappa shape index (κ3) is 1.92. The van der Waals surface area contributed by atoms with Crippen LogP contribution in [0.1, 0.15) is 11.3 Å². The number of H-pyrrole nitrogens is 1. The van der Waals surface area contributed by atoms with E-state index in [1.807, 2.05) is 31.2 Å². The number of hydrogen-bond acceptors (Lipinski definition) is 2. The van der Waals surface area contributed by atoms with E-state index in [0.717, 1.165) is 22.2 Å². The highest BCUT2D eigenvalue weighted by Gasteiger charge is 2.11. The smallest absolute Gasteiger partial charge is 0.248 e. The predicted octanol–water partition coefficient (Wildman–Crippen LogP) is 1.70. The maximum absolute atomic E-state index is 11.5. The summed E-state index contributed by atoms with van der Waals surface area (Å²) >= 11 is 0. The van der Waals surface area contributed by atoms with Crippen LogP contribution in [0.15, 0.2) is 24.3 Å². The van der Waals surface area contributed by atoms with Crippen molar-refractivity contribution in [2.45, 2.75) is 13.3 Å². The van der Waals surface area contributed by atoms with Crippen LogP contribution < -0.4 is 5.48 Å². The van der Waals surface area contributed by atoms with Gasteiger partial charge in [0.2, 0.25) is 5.91 Å². The van der Waals surface area contributed by atoms with Gasteiger partial charge in [0, 0.05) is 16.6 Å². The molecule has 2 aromatic rings. The summed E-state index contributed by atoms with van der Waals surface area (Å²) in [5.74, 6) is -0.143. The van der Waals surface area contributed by atoms with Gasteiger partial charge in [0.25, 0.3) is 0 Å². The van der Waals surface area contributed by atoms with Gasteiger partial charge in [0.05, 0.1) is 13.5 Å². The minimum atomic E-state index is -0.143. The lowest BCUT2D eigenvalue weighted by atomic mass is 10.1. The first kappa shape index (κ1) is 10.7. The molecule has 1 heterocycles. The highest BCUT2D eigenvalue weighted by atomic mass is 16.6. The molecule has 0 saturated heterocycles. The Morgan fingerprint density at radius 2 is 2.19 bits per heavy atom. The SMILES string of the molecule is CONC(=O)Cc1c(C)[nH]c2ccccc12. The van der Waals surface area contributed by atoms with Crippen LogP contribution in [-0.4, -0.2) is 18.0 Å². The van der Waals surface area contributed by atoms with E-state index in [1.165, 1.54) is 7.11 Å². The molecule has 0 atom stereocenters. The predicted molar refractivity (Wildman–Crippen MR) is 61.9 cm³/mol. The Labute approximate surface area is 93.6 Å². The Balaban J connectivity index is 2.36. The third-order valence-corrected chi connectivity index (χ3v) is 2.58. The number of aromatic nitrogens is 1. The molecule has 1 amide bonds. The normalized spacial score (nSPS) is 10.6. The quantitative estimate of drug-likeness (QED) is 0.770. The number of carbonyl (C=O) groups is 1. The number of fused-ring (bicyclic) bond motifs is 1. The molecule has 0 radical (unpaired) electrons. The van der Waals surface area contributed by atoms with E-state index < -0.39 is 0 Å². The summed E-state index contributed by atoms with van der Waals surface area (Å²) in [6.45, 7) is 1.97. The van der Waals surface area contributed by atoms with Crippen LogP contribution in [0.5, 0.6) is 0 Å². The Bertz CT molecular complexity index is 517. The minimum Gasteiger partial charge on any atom is -0.358 e. The fourth-order valence-corrected chi connectivity index (χ4v) is 1.87. The Morgan fingerprint density at radius 1 is 1.44 bits per heavy atom. The molecule has 0 aliphatic carbocycles. The lowest BCUT2D eigenvalue weighted by molar-refractivity contribution is -0.130. The van der Waals surface area contributed by atoms with Gasteiger partial charge >= 0.3 is 0 Å². The Hall–Kier alpha value is -1.81. The number of rotatable bonds is 3. The average molecular weight is 218 g/mol. The van der Waals surface area contributed by atoms with Crippen LogP contribution in [0.4, 0.5) is 0 Å². The van der Waals surface area contributed by atoms with Crippen molar-refractivity contribution in [2.75, 3.05) is 7.11 Å². The minimum absolute atomic E-state index is 0.143. The maximum Gasteiger partial charge on any atom is 0.248 e. The van der Waals surface area contributed by atoms with E-state index in [9.17, 15) is 4.79 Å². The number of amides is 1. The van der Waals surface area contributed by atoms with Crippen molar-refractivity contribution in [1.29, 1.82) is 0 Å². The molecule has 1 aromatic carbocycles. The zero-order valence-corrected chi connectivity index (χ0v) is 9.33. The van der Waals surface area contributed by atoms with E-state index in [4.69, 9.17) is 0 Å². The Morgan fingerprint density at radius 3 is 2.94 bits per heavy atom. The molecule has 0 fully saturated rings. The highest BCUT2D eigenvalue weighted by Crippen LogP contribution is 2.22. The topological polar surface area (TPSA) is 54.1 Å². The van der Waals surface area contributed by atoms with Crippen molar-refractivity contribution in [3.05, 3.63) is 35.5 Å². The van der Waals surface area contributed by atoms with Crippen molar-refractivity contribution in [3.63, 3.8) is 0 Å². The number of benzene rings is 1. The van der Waals surface area contributed by atoms with Crippen molar-refractivity contribution in [1.82, 2.24) is 10.5 Å². The average Bonchev–Trinajstić information content (AvgIpc) is 2.56. The third-order valence-electron chi connectivity index (χ3n) is 2.58. The van der Waals surface area contributed by atoms with E-state index in [2.05, 4.69) is 15.3 Å². The van der Waals surface area contributed by atoms with Crippen LogP contribution >= 0.6 is 0 Å². The largest absolute Gasteiger partial charge is 0.358 e. The molecule has 0 aliphatic heterocycles. The van der Waals surface area contributed by atoms with E-state index >= 15 is 0 Å². The molecule has 4 heteroatoms. The molecular formula is C12H14N2O2. The van der Waals surface area contributed by atoms with E-state index in [0.29, 0.717) is 6.42 Å². The van der Waals surface area contributed by atoms with Crippen LogP contribution in [0.25, 0.3) is 10.9 Å². The first-order chi connectivity index (χ1) is 7.72. The van der Waals surface area contributed by atoms with Crippen LogP contribution in [0.2, 0.25) is 0 Å². The standard InChI is InChI=1S/C12H14N2O2/c1-8-10(7-12(15)14-16-2)9-5-3-4-6-11(9)13-8/h3-6,13H,7H2,1-2H3,(H,14,15). The molecule has 4 nitrogen and oxygen atoms in total. The van der Waals surface area contributed by atoms with Gasteiger partial charge in [-0.05, 0) is 18.6 Å². The van der Waals surface area contributed by atoms with Gasteiger partial charge in [-0.3, -0.25) is 9.63 Å². The van der Waals surface area contributed by atoms with Crippen molar-refractivity contribution in [3.8, 4) is 0 Å². The van der Waals surface area contributed by atoms with E-state index in [-0.39, 0.29) is 5.91 Å². The lowest BCUT2D eigenvalue weighted by Crippen LogP contribution is -2.23. The first-order valence-electron chi connectivity index (χ1n) is 5.10. The molecule has 0 aliphatic rings. The number of hydroxylamine groups is 1. The molecule has 16 heavy (non-hydrogen) atoms. The second-order valence-corrected chi connectivity index (χ2v) is 3.68. The van der Waals surface area contributed by atoms with Crippen LogP contribution in [-0.2, 0) is 16.1 Å². The maximum atomic E-state index is 11.5. The zero-order valence-electron chi connectivity index (χ0n) is 9.33. The van der Waals surface area contributed by atoms with Crippen LogP contribution in [0, 0.1) is 6.92 Å². The molecule has 1 aromatic heterocycles. The highest BCUT2D eigenvalue weighted by molar-refractivity contribution is 5.89.